The highest BCUT2D eigenvalue weighted by Crippen LogP contribution is 2.34. The van der Waals surface area contributed by atoms with Crippen LogP contribution in [0.3, 0.4) is 0 Å². The number of carbonyl (C=O) groups excluding carboxylic acids is 2. The molecule has 2 amide bonds. The Morgan fingerprint density at radius 3 is 2.57 bits per heavy atom. The Hall–Kier alpha value is -4.36. The first-order chi connectivity index (χ1) is 20.1. The Balaban J connectivity index is 1.20. The molecule has 2 atom stereocenters. The molecule has 1 aromatic carbocycles. The lowest BCUT2D eigenvalue weighted by Crippen LogP contribution is -2.53. The van der Waals surface area contributed by atoms with Gasteiger partial charge in [-0.05, 0) is 62.1 Å². The van der Waals surface area contributed by atoms with Crippen LogP contribution in [0.15, 0.2) is 76.5 Å². The summed E-state index contributed by atoms with van der Waals surface area (Å²) in [6, 6.07) is 8.13. The molecule has 0 spiro atoms. The highest BCUT2D eigenvalue weighted by atomic mass is 19.4. The Morgan fingerprint density at radius 2 is 1.86 bits per heavy atom. The van der Waals surface area contributed by atoms with E-state index in [1.807, 2.05) is 0 Å². The largest absolute Gasteiger partial charge is 0.416 e. The van der Waals surface area contributed by atoms with Crippen molar-refractivity contribution in [2.75, 3.05) is 18.4 Å². The third kappa shape index (κ3) is 5.32. The average Bonchev–Trinajstić information content (AvgIpc) is 3.25. The number of alkyl halides is 3. The van der Waals surface area contributed by atoms with Crippen molar-refractivity contribution in [3.63, 3.8) is 0 Å². The predicted molar refractivity (Wildman–Crippen MR) is 149 cm³/mol. The van der Waals surface area contributed by atoms with Crippen molar-refractivity contribution < 1.29 is 27.4 Å². The van der Waals surface area contributed by atoms with Gasteiger partial charge in [-0.1, -0.05) is 6.42 Å². The smallest absolute Gasteiger partial charge is 0.351 e. The number of hydrogen-bond acceptors (Lipinski definition) is 7. The number of carbonyl (C=O) groups is 2. The minimum Gasteiger partial charge on any atom is -0.351 e. The van der Waals surface area contributed by atoms with Gasteiger partial charge < -0.3 is 15.5 Å². The molecular formula is C29H30F3N8O2+. The molecular weight excluding hydrogens is 549 g/mol. The fourth-order valence-corrected chi connectivity index (χ4v) is 5.50. The number of aliphatic imine (C=N–C) groups is 2. The Bertz CT molecular complexity index is 1530. The van der Waals surface area contributed by atoms with E-state index in [1.54, 1.807) is 42.9 Å². The summed E-state index contributed by atoms with van der Waals surface area (Å²) in [6.45, 7) is 1.36. The van der Waals surface area contributed by atoms with Crippen molar-refractivity contribution in [2.45, 2.75) is 44.3 Å². The molecule has 4 aliphatic rings. The number of nitrogens with two attached hydrogens (primary N) is 1. The van der Waals surface area contributed by atoms with E-state index in [0.29, 0.717) is 29.5 Å². The van der Waals surface area contributed by atoms with E-state index in [2.05, 4.69) is 25.5 Å². The fraction of sp³-hybridized carbons (Fsp3) is 0.345. The molecule has 2 unspecified atom stereocenters. The summed E-state index contributed by atoms with van der Waals surface area (Å²) in [7, 11) is 0. The van der Waals surface area contributed by atoms with Gasteiger partial charge in [-0.3, -0.25) is 14.6 Å². The minimum absolute atomic E-state index is 0.0130. The standard InChI is InChI=1S/C29H29F3N8O2/c30-29(31,32)21-10-11-35-24(15-21)37-28(42)20-8-6-18(7-9-20)26-38-25(23-16-34-12-14-40(23,26)33)39-13-2-5-22(17-39)36-27(41)19-3-1-4-19/h6-12,14-16,19,22H,1-5,13,17,33H2,(H-,35,36,37,41,42)/p+1. The van der Waals surface area contributed by atoms with E-state index in [-0.39, 0.29) is 33.8 Å². The molecule has 4 heterocycles. The lowest BCUT2D eigenvalue weighted by Gasteiger charge is -2.35. The highest BCUT2D eigenvalue weighted by molar-refractivity contribution is 6.05. The number of allylic oxidation sites excluding steroid dienone is 1. The van der Waals surface area contributed by atoms with Gasteiger partial charge in [0.1, 0.15) is 12.0 Å². The van der Waals surface area contributed by atoms with Gasteiger partial charge in [0.2, 0.25) is 17.4 Å². The molecule has 0 radical (unpaired) electrons. The van der Waals surface area contributed by atoms with E-state index >= 15 is 0 Å². The summed E-state index contributed by atoms with van der Waals surface area (Å²) in [5, 5.41) is 5.62. The van der Waals surface area contributed by atoms with Gasteiger partial charge in [0.25, 0.3) is 11.7 Å². The number of quaternary nitrogens is 1. The quantitative estimate of drug-likeness (QED) is 0.354. The first-order valence-electron chi connectivity index (χ1n) is 13.8. The van der Waals surface area contributed by atoms with Crippen LogP contribution in [0.5, 0.6) is 0 Å². The molecule has 1 aromatic heterocycles. The van der Waals surface area contributed by atoms with Crippen molar-refractivity contribution in [2.24, 2.45) is 21.7 Å². The second-order valence-corrected chi connectivity index (χ2v) is 10.9. The van der Waals surface area contributed by atoms with Crippen LogP contribution < -0.4 is 16.5 Å². The normalized spacial score (nSPS) is 23.8. The molecule has 13 heteroatoms. The number of piperidine rings is 1. The highest BCUT2D eigenvalue weighted by Gasteiger charge is 2.46. The number of fused-ring (bicyclic) bond motifs is 1. The maximum absolute atomic E-state index is 13.0. The summed E-state index contributed by atoms with van der Waals surface area (Å²) in [5.74, 6) is 7.50. The third-order valence-electron chi connectivity index (χ3n) is 8.05. The molecule has 2 aromatic rings. The molecule has 1 aliphatic carbocycles. The van der Waals surface area contributed by atoms with Crippen LogP contribution in [0, 0.1) is 5.92 Å². The summed E-state index contributed by atoms with van der Waals surface area (Å²) < 4.78 is 38.9. The molecule has 42 heavy (non-hydrogen) atoms. The van der Waals surface area contributed by atoms with E-state index in [1.165, 1.54) is 0 Å². The number of hydrogen-bond donors (Lipinski definition) is 3. The summed E-state index contributed by atoms with van der Waals surface area (Å²) >= 11 is 0. The minimum atomic E-state index is -4.55. The monoisotopic (exact) mass is 579 g/mol. The van der Waals surface area contributed by atoms with Crippen LogP contribution >= 0.6 is 0 Å². The van der Waals surface area contributed by atoms with Gasteiger partial charge in [0.15, 0.2) is 0 Å². The van der Waals surface area contributed by atoms with Gasteiger partial charge in [0, 0.05) is 36.8 Å². The second-order valence-electron chi connectivity index (χ2n) is 10.9. The molecule has 1 saturated heterocycles. The van der Waals surface area contributed by atoms with Crippen LogP contribution in [0.25, 0.3) is 0 Å². The maximum Gasteiger partial charge on any atom is 0.416 e. The zero-order valence-electron chi connectivity index (χ0n) is 22.6. The molecule has 218 valence electrons. The van der Waals surface area contributed by atoms with Crippen molar-refractivity contribution in [3.8, 4) is 0 Å². The number of nitrogens with one attached hydrogen (secondary N) is 2. The molecule has 0 bridgehead atoms. The number of amides is 2. The van der Waals surface area contributed by atoms with Crippen LogP contribution in [-0.2, 0) is 11.0 Å². The third-order valence-corrected chi connectivity index (χ3v) is 8.05. The lowest BCUT2D eigenvalue weighted by molar-refractivity contribution is -0.750. The molecule has 4 N–H and O–H groups in total. The summed E-state index contributed by atoms with van der Waals surface area (Å²) in [4.78, 5) is 40.5. The second kappa shape index (κ2) is 10.8. The van der Waals surface area contributed by atoms with Gasteiger partial charge in [-0.2, -0.15) is 24.0 Å². The van der Waals surface area contributed by atoms with Crippen LogP contribution in [0.2, 0.25) is 0 Å². The predicted octanol–water partition coefficient (Wildman–Crippen LogP) is 3.91. The topological polar surface area (TPSA) is 125 Å². The zero-order valence-corrected chi connectivity index (χ0v) is 22.6. The van der Waals surface area contributed by atoms with Gasteiger partial charge in [-0.25, -0.2) is 4.98 Å². The lowest BCUT2D eigenvalue weighted by atomic mass is 9.84. The number of anilines is 1. The van der Waals surface area contributed by atoms with E-state index in [9.17, 15) is 22.8 Å². The summed E-state index contributed by atoms with van der Waals surface area (Å²) in [6.07, 6.45) is 6.23. The SMILES string of the molecule is N[N+]12C=CN=CC1=C(N1CCCC(NC(=O)C3CCC3)C1)N=C2c1ccc(C(=O)Nc2cc(C(F)(F)F)ccn2)cc1. The van der Waals surface area contributed by atoms with Gasteiger partial charge in [-0.15, -0.1) is 4.59 Å². The Kier molecular flexibility index (Phi) is 7.15. The Labute approximate surface area is 240 Å². The molecule has 2 fully saturated rings. The molecule has 6 rings (SSSR count). The van der Waals surface area contributed by atoms with Crippen molar-refractivity contribution >= 4 is 29.7 Å². The maximum atomic E-state index is 13.0. The van der Waals surface area contributed by atoms with Crippen molar-refractivity contribution in [1.82, 2.24) is 15.2 Å². The number of nitrogens with zero attached hydrogens (tertiary/aromatic N) is 5. The number of halogens is 3. The number of rotatable bonds is 6. The number of benzene rings is 1. The van der Waals surface area contributed by atoms with Crippen molar-refractivity contribution in [1.29, 1.82) is 0 Å². The molecule has 1 saturated carbocycles. The van der Waals surface area contributed by atoms with Crippen LogP contribution in [0.4, 0.5) is 19.0 Å². The van der Waals surface area contributed by atoms with Crippen molar-refractivity contribution in [3.05, 3.63) is 83.2 Å². The van der Waals surface area contributed by atoms with E-state index in [0.717, 1.165) is 57.0 Å². The Morgan fingerprint density at radius 1 is 1.07 bits per heavy atom. The van der Waals surface area contributed by atoms with E-state index < -0.39 is 17.6 Å². The zero-order chi connectivity index (χ0) is 29.5. The number of pyridine rings is 1. The number of aromatic nitrogens is 1. The average molecular weight is 580 g/mol. The first-order valence-corrected chi connectivity index (χ1v) is 13.8. The van der Waals surface area contributed by atoms with Crippen LogP contribution in [0.1, 0.15) is 53.6 Å². The van der Waals surface area contributed by atoms with Crippen LogP contribution in [-0.4, -0.2) is 57.5 Å². The van der Waals surface area contributed by atoms with E-state index in [4.69, 9.17) is 10.8 Å². The first kappa shape index (κ1) is 27.8. The molecule has 3 aliphatic heterocycles. The molecule has 10 nitrogen and oxygen atoms in total. The van der Waals surface area contributed by atoms with Gasteiger partial charge >= 0.3 is 6.18 Å². The van der Waals surface area contributed by atoms with Gasteiger partial charge in [0.05, 0.1) is 23.5 Å². The number of likely N-dealkylation sites (tertiary alicyclic amines) is 1. The fourth-order valence-electron chi connectivity index (χ4n) is 5.50. The summed E-state index contributed by atoms with van der Waals surface area (Å²) in [5.41, 5.74) is 0.671. The number of amidine groups is 1.